The Hall–Kier alpha value is -1.33. The van der Waals surface area contributed by atoms with Crippen LogP contribution in [0.4, 0.5) is 0 Å². The summed E-state index contributed by atoms with van der Waals surface area (Å²) in [6, 6.07) is 10.1. The molecule has 0 aliphatic carbocycles. The molecule has 0 fully saturated rings. The molecule has 1 aromatic heterocycles. The molecule has 0 unspecified atom stereocenters. The highest BCUT2D eigenvalue weighted by molar-refractivity contribution is 7.99. The van der Waals surface area contributed by atoms with Crippen LogP contribution in [0.3, 0.4) is 0 Å². The van der Waals surface area contributed by atoms with Crippen LogP contribution in [0.25, 0.3) is 5.69 Å². The van der Waals surface area contributed by atoms with Gasteiger partial charge in [0, 0.05) is 18.6 Å². The standard InChI is InChI=1S/C12H15N3OS/c1-10-13-14-12(17-9-8-16-2)15(10)11-6-4-3-5-7-11/h3-7H,8-9H2,1-2H3. The summed E-state index contributed by atoms with van der Waals surface area (Å²) in [5.41, 5.74) is 1.09. The maximum Gasteiger partial charge on any atom is 0.195 e. The fourth-order valence-electron chi connectivity index (χ4n) is 1.53. The number of aromatic nitrogens is 3. The van der Waals surface area contributed by atoms with Gasteiger partial charge in [-0.2, -0.15) is 0 Å². The van der Waals surface area contributed by atoms with E-state index >= 15 is 0 Å². The molecular formula is C12H15N3OS. The van der Waals surface area contributed by atoms with Crippen molar-refractivity contribution in [3.63, 3.8) is 0 Å². The van der Waals surface area contributed by atoms with E-state index in [1.165, 1.54) is 0 Å². The summed E-state index contributed by atoms with van der Waals surface area (Å²) in [6.45, 7) is 2.67. The number of para-hydroxylation sites is 1. The summed E-state index contributed by atoms with van der Waals surface area (Å²) in [7, 11) is 1.70. The van der Waals surface area contributed by atoms with Gasteiger partial charge in [0.2, 0.25) is 0 Å². The molecule has 4 nitrogen and oxygen atoms in total. The van der Waals surface area contributed by atoms with Gasteiger partial charge in [0.05, 0.1) is 6.61 Å². The zero-order chi connectivity index (χ0) is 12.1. The second kappa shape index (κ2) is 5.84. The van der Waals surface area contributed by atoms with Crippen molar-refractivity contribution in [2.24, 2.45) is 0 Å². The van der Waals surface area contributed by atoms with E-state index in [2.05, 4.69) is 26.9 Å². The van der Waals surface area contributed by atoms with Gasteiger partial charge in [-0.15, -0.1) is 10.2 Å². The zero-order valence-electron chi connectivity index (χ0n) is 9.96. The van der Waals surface area contributed by atoms with E-state index in [1.54, 1.807) is 18.9 Å². The Morgan fingerprint density at radius 2 is 2.00 bits per heavy atom. The predicted octanol–water partition coefficient (Wildman–Crippen LogP) is 2.31. The number of hydrogen-bond acceptors (Lipinski definition) is 4. The molecule has 0 bridgehead atoms. The lowest BCUT2D eigenvalue weighted by Crippen LogP contribution is -2.00. The van der Waals surface area contributed by atoms with Crippen molar-refractivity contribution in [1.82, 2.24) is 14.8 Å². The smallest absolute Gasteiger partial charge is 0.195 e. The van der Waals surface area contributed by atoms with Crippen molar-refractivity contribution in [3.05, 3.63) is 36.2 Å². The van der Waals surface area contributed by atoms with E-state index in [0.29, 0.717) is 6.61 Å². The summed E-state index contributed by atoms with van der Waals surface area (Å²) in [5.74, 6) is 1.78. The van der Waals surface area contributed by atoms with Crippen LogP contribution in [0.1, 0.15) is 5.82 Å². The first-order valence-corrected chi connectivity index (χ1v) is 6.40. The predicted molar refractivity (Wildman–Crippen MR) is 68.7 cm³/mol. The molecule has 2 rings (SSSR count). The lowest BCUT2D eigenvalue weighted by atomic mass is 10.3. The number of benzene rings is 1. The normalized spacial score (nSPS) is 10.7. The van der Waals surface area contributed by atoms with Crippen LogP contribution in [0.5, 0.6) is 0 Å². The monoisotopic (exact) mass is 249 g/mol. The Labute approximate surface area is 105 Å². The zero-order valence-corrected chi connectivity index (χ0v) is 10.8. The van der Waals surface area contributed by atoms with Gasteiger partial charge in [0.25, 0.3) is 0 Å². The third-order valence-electron chi connectivity index (χ3n) is 2.33. The first kappa shape index (κ1) is 12.1. The molecule has 0 spiro atoms. The summed E-state index contributed by atoms with van der Waals surface area (Å²) >= 11 is 1.65. The lowest BCUT2D eigenvalue weighted by molar-refractivity contribution is 0.218. The topological polar surface area (TPSA) is 39.9 Å². The minimum Gasteiger partial charge on any atom is -0.384 e. The van der Waals surface area contributed by atoms with Crippen LogP contribution >= 0.6 is 11.8 Å². The Bertz CT molecular complexity index is 470. The van der Waals surface area contributed by atoms with Crippen LogP contribution in [0.15, 0.2) is 35.5 Å². The third-order valence-corrected chi connectivity index (χ3v) is 3.22. The second-order valence-corrected chi connectivity index (χ2v) is 4.60. The van der Waals surface area contributed by atoms with Gasteiger partial charge in [-0.05, 0) is 19.1 Å². The molecule has 0 radical (unpaired) electrons. The fourth-order valence-corrected chi connectivity index (χ4v) is 2.42. The second-order valence-electron chi connectivity index (χ2n) is 3.54. The molecule has 2 aromatic rings. The Morgan fingerprint density at radius 3 is 2.71 bits per heavy atom. The molecule has 1 aromatic carbocycles. The third kappa shape index (κ3) is 2.87. The number of ether oxygens (including phenoxy) is 1. The molecule has 0 amide bonds. The van der Waals surface area contributed by atoms with Gasteiger partial charge in [0.1, 0.15) is 5.82 Å². The molecule has 0 aliphatic rings. The van der Waals surface area contributed by atoms with Crippen molar-refractivity contribution in [2.75, 3.05) is 19.5 Å². The number of hydrogen-bond donors (Lipinski definition) is 0. The molecule has 17 heavy (non-hydrogen) atoms. The Kier molecular flexibility index (Phi) is 4.17. The largest absolute Gasteiger partial charge is 0.384 e. The lowest BCUT2D eigenvalue weighted by Gasteiger charge is -2.07. The highest BCUT2D eigenvalue weighted by Gasteiger charge is 2.10. The Morgan fingerprint density at radius 1 is 1.24 bits per heavy atom. The van der Waals surface area contributed by atoms with Crippen molar-refractivity contribution in [1.29, 1.82) is 0 Å². The molecule has 5 heteroatoms. The van der Waals surface area contributed by atoms with Crippen LogP contribution in [0.2, 0.25) is 0 Å². The minimum absolute atomic E-state index is 0.714. The van der Waals surface area contributed by atoms with Crippen LogP contribution < -0.4 is 0 Å². The van der Waals surface area contributed by atoms with Gasteiger partial charge < -0.3 is 4.74 Å². The number of thioether (sulfide) groups is 1. The molecule has 0 saturated carbocycles. The van der Waals surface area contributed by atoms with E-state index < -0.39 is 0 Å². The van der Waals surface area contributed by atoms with Crippen molar-refractivity contribution in [2.45, 2.75) is 12.1 Å². The molecule has 0 aliphatic heterocycles. The van der Waals surface area contributed by atoms with Gasteiger partial charge in [-0.1, -0.05) is 30.0 Å². The summed E-state index contributed by atoms with van der Waals surface area (Å²) < 4.78 is 7.09. The van der Waals surface area contributed by atoms with E-state index in [0.717, 1.165) is 22.4 Å². The minimum atomic E-state index is 0.714. The molecule has 0 saturated heterocycles. The number of methoxy groups -OCH3 is 1. The van der Waals surface area contributed by atoms with Gasteiger partial charge >= 0.3 is 0 Å². The molecule has 90 valence electrons. The van der Waals surface area contributed by atoms with Gasteiger partial charge in [0.15, 0.2) is 5.16 Å². The van der Waals surface area contributed by atoms with Crippen molar-refractivity contribution < 1.29 is 4.74 Å². The van der Waals surface area contributed by atoms with Gasteiger partial charge in [-0.3, -0.25) is 4.57 Å². The first-order chi connectivity index (χ1) is 8.33. The van der Waals surface area contributed by atoms with E-state index in [9.17, 15) is 0 Å². The first-order valence-electron chi connectivity index (χ1n) is 5.42. The van der Waals surface area contributed by atoms with Gasteiger partial charge in [-0.25, -0.2) is 0 Å². The number of rotatable bonds is 5. The maximum absolute atomic E-state index is 5.04. The number of aryl methyl sites for hydroxylation is 1. The van der Waals surface area contributed by atoms with Crippen LogP contribution in [-0.2, 0) is 4.74 Å². The fraction of sp³-hybridized carbons (Fsp3) is 0.333. The molecular weight excluding hydrogens is 234 g/mol. The number of nitrogens with zero attached hydrogens (tertiary/aromatic N) is 3. The molecule has 1 heterocycles. The molecule has 0 atom stereocenters. The summed E-state index contributed by atoms with van der Waals surface area (Å²) in [6.07, 6.45) is 0. The average molecular weight is 249 g/mol. The highest BCUT2D eigenvalue weighted by atomic mass is 32.2. The average Bonchev–Trinajstić information content (AvgIpc) is 2.72. The highest BCUT2D eigenvalue weighted by Crippen LogP contribution is 2.21. The van der Waals surface area contributed by atoms with E-state index in [-0.39, 0.29) is 0 Å². The van der Waals surface area contributed by atoms with E-state index in [4.69, 9.17) is 4.74 Å². The SMILES string of the molecule is COCCSc1nnc(C)n1-c1ccccc1. The Balaban J connectivity index is 2.24. The summed E-state index contributed by atoms with van der Waals surface area (Å²) in [5, 5.41) is 9.22. The van der Waals surface area contributed by atoms with Crippen LogP contribution in [0, 0.1) is 6.92 Å². The van der Waals surface area contributed by atoms with Crippen molar-refractivity contribution >= 4 is 11.8 Å². The quantitative estimate of drug-likeness (QED) is 0.602. The van der Waals surface area contributed by atoms with Crippen molar-refractivity contribution in [3.8, 4) is 5.69 Å². The van der Waals surface area contributed by atoms with Crippen LogP contribution in [-0.4, -0.2) is 34.2 Å². The summed E-state index contributed by atoms with van der Waals surface area (Å²) in [4.78, 5) is 0. The van der Waals surface area contributed by atoms with E-state index in [1.807, 2.05) is 25.1 Å². The molecule has 0 N–H and O–H groups in total. The maximum atomic E-state index is 5.04.